The largest absolute Gasteiger partial charge is 0.353 e. The lowest BCUT2D eigenvalue weighted by Crippen LogP contribution is -2.55. The predicted octanol–water partition coefficient (Wildman–Crippen LogP) is 0.422. The van der Waals surface area contributed by atoms with Gasteiger partial charge < -0.3 is 5.32 Å². The maximum atomic E-state index is 11.8. The van der Waals surface area contributed by atoms with Crippen molar-refractivity contribution in [1.82, 2.24) is 10.2 Å². The highest BCUT2D eigenvalue weighted by atomic mass is 16.2. The van der Waals surface area contributed by atoms with Gasteiger partial charge in [-0.15, -0.1) is 0 Å². The van der Waals surface area contributed by atoms with Crippen LogP contribution in [0.25, 0.3) is 0 Å². The molecule has 1 heterocycles. The fourth-order valence-electron chi connectivity index (χ4n) is 1.47. The van der Waals surface area contributed by atoms with Crippen LogP contribution >= 0.6 is 0 Å². The third kappa shape index (κ3) is 3.02. The smallest absolute Gasteiger partial charge is 0.237 e. The number of nitrogens with one attached hydrogen (secondary N) is 1. The molecule has 1 unspecified atom stereocenters. The van der Waals surface area contributed by atoms with Crippen molar-refractivity contribution >= 4 is 11.7 Å². The molecule has 0 saturated carbocycles. The van der Waals surface area contributed by atoms with Crippen LogP contribution in [0.2, 0.25) is 0 Å². The van der Waals surface area contributed by atoms with Gasteiger partial charge in [0.1, 0.15) is 0 Å². The average Bonchev–Trinajstić information content (AvgIpc) is 2.11. The second-order valence-corrected chi connectivity index (χ2v) is 5.11. The van der Waals surface area contributed by atoms with Gasteiger partial charge in [0.25, 0.3) is 0 Å². The van der Waals surface area contributed by atoms with Gasteiger partial charge >= 0.3 is 0 Å². The Morgan fingerprint density at radius 2 is 2.13 bits per heavy atom. The van der Waals surface area contributed by atoms with Gasteiger partial charge in [0.15, 0.2) is 5.78 Å². The zero-order chi connectivity index (χ0) is 11.6. The van der Waals surface area contributed by atoms with Gasteiger partial charge in [-0.3, -0.25) is 14.5 Å². The minimum Gasteiger partial charge on any atom is -0.353 e. The maximum Gasteiger partial charge on any atom is 0.237 e. The normalized spacial score (nSPS) is 23.7. The Bertz CT molecular complexity index is 268. The lowest BCUT2D eigenvalue weighted by atomic mass is 9.90. The third-order valence-electron chi connectivity index (χ3n) is 2.81. The molecule has 1 N–H and O–H groups in total. The van der Waals surface area contributed by atoms with E-state index in [0.29, 0.717) is 13.1 Å². The van der Waals surface area contributed by atoms with Gasteiger partial charge in [0.2, 0.25) is 5.91 Å². The molecular formula is C11H20N2O2. The monoisotopic (exact) mass is 212 g/mol. The minimum absolute atomic E-state index is 0.0166. The third-order valence-corrected chi connectivity index (χ3v) is 2.81. The Kier molecular flexibility index (Phi) is 3.50. The molecule has 4 heteroatoms. The minimum atomic E-state index is -0.326. The Balaban J connectivity index is 2.58. The first-order valence-corrected chi connectivity index (χ1v) is 5.37. The zero-order valence-corrected chi connectivity index (χ0v) is 9.96. The van der Waals surface area contributed by atoms with Gasteiger partial charge in [-0.2, -0.15) is 0 Å². The van der Waals surface area contributed by atoms with E-state index in [9.17, 15) is 9.59 Å². The molecule has 1 atom stereocenters. The average molecular weight is 212 g/mol. The fraction of sp³-hybridized carbons (Fsp3) is 0.818. The van der Waals surface area contributed by atoms with Crippen LogP contribution < -0.4 is 5.32 Å². The molecule has 0 aromatic rings. The number of hydrogen-bond donors (Lipinski definition) is 1. The molecule has 0 aliphatic carbocycles. The maximum absolute atomic E-state index is 11.8. The van der Waals surface area contributed by atoms with E-state index in [4.69, 9.17) is 0 Å². The van der Waals surface area contributed by atoms with E-state index < -0.39 is 0 Å². The molecule has 0 aromatic heterocycles. The van der Waals surface area contributed by atoms with Gasteiger partial charge in [0.05, 0.1) is 12.6 Å². The van der Waals surface area contributed by atoms with Crippen LogP contribution in [-0.4, -0.2) is 42.3 Å². The van der Waals surface area contributed by atoms with Crippen molar-refractivity contribution in [3.05, 3.63) is 0 Å². The molecule has 1 rings (SSSR count). The topological polar surface area (TPSA) is 49.4 Å². The van der Waals surface area contributed by atoms with E-state index in [2.05, 4.69) is 5.32 Å². The number of piperazine rings is 1. The van der Waals surface area contributed by atoms with E-state index in [-0.39, 0.29) is 23.1 Å². The highest BCUT2D eigenvalue weighted by Gasteiger charge is 2.30. The Labute approximate surface area is 91.0 Å². The summed E-state index contributed by atoms with van der Waals surface area (Å²) in [7, 11) is 0. The van der Waals surface area contributed by atoms with Gasteiger partial charge in [-0.1, -0.05) is 20.8 Å². The standard InChI is InChI=1S/C11H20N2O2/c1-8-10(15)12-5-6-13(8)7-9(14)11(2,3)4/h8H,5-7H2,1-4H3,(H,12,15). The van der Waals surface area contributed by atoms with Gasteiger partial charge in [0, 0.05) is 18.5 Å². The quantitative estimate of drug-likeness (QED) is 0.722. The lowest BCUT2D eigenvalue weighted by molar-refractivity contribution is -0.133. The van der Waals surface area contributed by atoms with E-state index in [1.54, 1.807) is 0 Å². The number of amides is 1. The summed E-state index contributed by atoms with van der Waals surface area (Å²) in [6, 6.07) is -0.190. The Hall–Kier alpha value is -0.900. The number of carbonyl (C=O) groups excluding carboxylic acids is 2. The molecule has 1 aliphatic heterocycles. The molecule has 1 fully saturated rings. The molecule has 86 valence electrons. The van der Waals surface area contributed by atoms with Crippen LogP contribution in [0.15, 0.2) is 0 Å². The van der Waals surface area contributed by atoms with Crippen molar-refractivity contribution in [3.63, 3.8) is 0 Å². The second-order valence-electron chi connectivity index (χ2n) is 5.11. The molecule has 1 aliphatic rings. The summed E-state index contributed by atoms with van der Waals surface area (Å²) in [4.78, 5) is 25.1. The summed E-state index contributed by atoms with van der Waals surface area (Å²) in [6.07, 6.45) is 0. The van der Waals surface area contributed by atoms with Crippen LogP contribution in [0.1, 0.15) is 27.7 Å². The van der Waals surface area contributed by atoms with Crippen molar-refractivity contribution in [3.8, 4) is 0 Å². The number of Topliss-reactive ketones (excluding diaryl/α,β-unsaturated/α-hetero) is 1. The van der Waals surface area contributed by atoms with E-state index in [1.165, 1.54) is 0 Å². The van der Waals surface area contributed by atoms with Crippen molar-refractivity contribution in [1.29, 1.82) is 0 Å². The van der Waals surface area contributed by atoms with Crippen molar-refractivity contribution in [2.75, 3.05) is 19.6 Å². The Morgan fingerprint density at radius 1 is 1.53 bits per heavy atom. The van der Waals surface area contributed by atoms with Gasteiger partial charge in [-0.25, -0.2) is 0 Å². The lowest BCUT2D eigenvalue weighted by Gasteiger charge is -2.33. The fourth-order valence-corrected chi connectivity index (χ4v) is 1.47. The molecule has 0 spiro atoms. The molecule has 1 amide bonds. The van der Waals surface area contributed by atoms with Crippen molar-refractivity contribution in [2.24, 2.45) is 5.41 Å². The van der Waals surface area contributed by atoms with E-state index >= 15 is 0 Å². The Morgan fingerprint density at radius 3 is 2.67 bits per heavy atom. The van der Waals surface area contributed by atoms with Crippen molar-refractivity contribution < 1.29 is 9.59 Å². The van der Waals surface area contributed by atoms with Crippen molar-refractivity contribution in [2.45, 2.75) is 33.7 Å². The first-order valence-electron chi connectivity index (χ1n) is 5.37. The second kappa shape index (κ2) is 4.31. The predicted molar refractivity (Wildman–Crippen MR) is 58.5 cm³/mol. The zero-order valence-electron chi connectivity index (χ0n) is 9.96. The van der Waals surface area contributed by atoms with Crippen LogP contribution in [0, 0.1) is 5.41 Å². The van der Waals surface area contributed by atoms with Crippen LogP contribution in [-0.2, 0) is 9.59 Å². The molecule has 4 nitrogen and oxygen atoms in total. The number of ketones is 1. The SMILES string of the molecule is CC1C(=O)NCCN1CC(=O)C(C)(C)C. The summed E-state index contributed by atoms with van der Waals surface area (Å²) in [5.41, 5.74) is -0.326. The van der Waals surface area contributed by atoms with E-state index in [1.807, 2.05) is 32.6 Å². The highest BCUT2D eigenvalue weighted by molar-refractivity contribution is 5.87. The summed E-state index contributed by atoms with van der Waals surface area (Å²) < 4.78 is 0. The number of nitrogens with zero attached hydrogens (tertiary/aromatic N) is 1. The first-order chi connectivity index (χ1) is 6.82. The number of hydrogen-bond acceptors (Lipinski definition) is 3. The number of carbonyl (C=O) groups is 2. The molecule has 15 heavy (non-hydrogen) atoms. The molecule has 0 aromatic carbocycles. The van der Waals surface area contributed by atoms with E-state index in [0.717, 1.165) is 6.54 Å². The molecule has 1 saturated heterocycles. The summed E-state index contributed by atoms with van der Waals surface area (Å²) in [5.74, 6) is 0.201. The summed E-state index contributed by atoms with van der Waals surface area (Å²) in [6.45, 7) is 9.33. The highest BCUT2D eigenvalue weighted by Crippen LogP contribution is 2.16. The van der Waals surface area contributed by atoms with Crippen LogP contribution in [0.4, 0.5) is 0 Å². The molecule has 0 bridgehead atoms. The molecular weight excluding hydrogens is 192 g/mol. The van der Waals surface area contributed by atoms with Crippen LogP contribution in [0.3, 0.4) is 0 Å². The number of rotatable bonds is 2. The van der Waals surface area contributed by atoms with Gasteiger partial charge in [-0.05, 0) is 6.92 Å². The molecule has 0 radical (unpaired) electrons. The first kappa shape index (κ1) is 12.2. The summed E-state index contributed by atoms with van der Waals surface area (Å²) in [5, 5.41) is 2.78. The summed E-state index contributed by atoms with van der Waals surface area (Å²) >= 11 is 0. The van der Waals surface area contributed by atoms with Crippen LogP contribution in [0.5, 0.6) is 0 Å².